The lowest BCUT2D eigenvalue weighted by atomic mass is 10.1. The van der Waals surface area contributed by atoms with Gasteiger partial charge in [-0.3, -0.25) is 0 Å². The molecule has 0 bridgehead atoms. The maximum Gasteiger partial charge on any atom is 0.410 e. The van der Waals surface area contributed by atoms with Crippen molar-refractivity contribution in [2.45, 2.75) is 48.8 Å². The van der Waals surface area contributed by atoms with Crippen LogP contribution in [0.3, 0.4) is 0 Å². The van der Waals surface area contributed by atoms with Crippen LogP contribution in [0.25, 0.3) is 10.2 Å². The zero-order valence-corrected chi connectivity index (χ0v) is 16.2. The maximum atomic E-state index is 13.0. The molecule has 0 radical (unpaired) electrons. The molecule has 1 aliphatic heterocycles. The molecule has 0 N–H and O–H groups in total. The highest BCUT2D eigenvalue weighted by Gasteiger charge is 2.37. The molecule has 1 aromatic carbocycles. The molecule has 8 heteroatoms. The summed E-state index contributed by atoms with van der Waals surface area (Å²) >= 11 is 1.18. The van der Waals surface area contributed by atoms with Crippen LogP contribution in [0, 0.1) is 0 Å². The third-order valence-electron chi connectivity index (χ3n) is 3.99. The van der Waals surface area contributed by atoms with Crippen molar-refractivity contribution in [1.82, 2.24) is 9.88 Å². The van der Waals surface area contributed by atoms with Gasteiger partial charge in [0.2, 0.25) is 14.2 Å². The van der Waals surface area contributed by atoms with Gasteiger partial charge in [-0.15, -0.1) is 11.3 Å². The maximum absolute atomic E-state index is 13.0. The third kappa shape index (κ3) is 3.95. The van der Waals surface area contributed by atoms with E-state index in [9.17, 15) is 13.2 Å². The van der Waals surface area contributed by atoms with E-state index in [0.717, 1.165) is 4.70 Å². The van der Waals surface area contributed by atoms with E-state index in [0.29, 0.717) is 24.9 Å². The summed E-state index contributed by atoms with van der Waals surface area (Å²) in [6.07, 6.45) is 0.697. The fourth-order valence-corrected chi connectivity index (χ4v) is 6.00. The minimum atomic E-state index is -3.58. The van der Waals surface area contributed by atoms with Crippen molar-refractivity contribution in [3.63, 3.8) is 0 Å². The van der Waals surface area contributed by atoms with E-state index in [1.54, 1.807) is 26.8 Å². The van der Waals surface area contributed by atoms with E-state index in [1.165, 1.54) is 16.2 Å². The Morgan fingerprint density at radius 1 is 1.32 bits per heavy atom. The van der Waals surface area contributed by atoms with Crippen molar-refractivity contribution in [3.8, 4) is 0 Å². The van der Waals surface area contributed by atoms with Gasteiger partial charge in [0, 0.05) is 13.1 Å². The van der Waals surface area contributed by atoms with Gasteiger partial charge < -0.3 is 9.64 Å². The molecule has 3 rings (SSSR count). The Kier molecular flexibility index (Phi) is 4.76. The number of carbonyl (C=O) groups is 1. The van der Waals surface area contributed by atoms with Crippen molar-refractivity contribution >= 4 is 37.5 Å². The number of aromatic nitrogens is 1. The van der Waals surface area contributed by atoms with Crippen molar-refractivity contribution < 1.29 is 17.9 Å². The van der Waals surface area contributed by atoms with Crippen LogP contribution in [0.1, 0.15) is 33.6 Å². The summed E-state index contributed by atoms with van der Waals surface area (Å²) in [5.41, 5.74) is 0.0847. The van der Waals surface area contributed by atoms with Crippen molar-refractivity contribution in [2.24, 2.45) is 0 Å². The number of fused-ring (bicyclic) bond motifs is 1. The van der Waals surface area contributed by atoms with Crippen LogP contribution in [-0.4, -0.2) is 48.3 Å². The van der Waals surface area contributed by atoms with Gasteiger partial charge in [-0.25, -0.2) is 18.2 Å². The smallest absolute Gasteiger partial charge is 0.410 e. The molecule has 1 saturated heterocycles. The van der Waals surface area contributed by atoms with Gasteiger partial charge in [-0.1, -0.05) is 12.1 Å². The monoisotopic (exact) mass is 382 g/mol. The summed E-state index contributed by atoms with van der Waals surface area (Å²) in [4.78, 5) is 18.0. The van der Waals surface area contributed by atoms with Crippen LogP contribution in [0.4, 0.5) is 4.79 Å². The summed E-state index contributed by atoms with van der Waals surface area (Å²) < 4.78 is 32.3. The van der Waals surface area contributed by atoms with Crippen LogP contribution >= 0.6 is 11.3 Å². The van der Waals surface area contributed by atoms with Gasteiger partial charge in [0.05, 0.1) is 15.5 Å². The number of hydrogen-bond acceptors (Lipinski definition) is 6. The number of ether oxygens (including phenoxy) is 1. The minimum absolute atomic E-state index is 0.129. The Bertz CT molecular complexity index is 850. The molecule has 136 valence electrons. The first kappa shape index (κ1) is 18.1. The number of rotatable bonds is 2. The Balaban J connectivity index is 1.81. The quantitative estimate of drug-likeness (QED) is 0.795. The molecule has 1 amide bonds. The molecule has 6 nitrogen and oxygen atoms in total. The van der Waals surface area contributed by atoms with Crippen LogP contribution in [0.15, 0.2) is 28.6 Å². The Morgan fingerprint density at radius 2 is 2.04 bits per heavy atom. The largest absolute Gasteiger partial charge is 0.444 e. The molecule has 25 heavy (non-hydrogen) atoms. The van der Waals surface area contributed by atoms with Gasteiger partial charge in [-0.2, -0.15) is 0 Å². The lowest BCUT2D eigenvalue weighted by Gasteiger charge is -2.33. The number of thiazole rings is 1. The van der Waals surface area contributed by atoms with E-state index in [4.69, 9.17) is 4.74 Å². The first-order valence-corrected chi connectivity index (χ1v) is 10.6. The second kappa shape index (κ2) is 6.57. The first-order valence-electron chi connectivity index (χ1n) is 8.24. The summed E-state index contributed by atoms with van der Waals surface area (Å²) in [7, 11) is -3.58. The molecule has 1 atom stereocenters. The molecule has 1 aromatic heterocycles. The average Bonchev–Trinajstić information content (AvgIpc) is 2.98. The zero-order chi connectivity index (χ0) is 18.2. The molecule has 1 unspecified atom stereocenters. The highest BCUT2D eigenvalue weighted by molar-refractivity contribution is 7.94. The van der Waals surface area contributed by atoms with Gasteiger partial charge in [-0.05, 0) is 45.7 Å². The van der Waals surface area contributed by atoms with Crippen LogP contribution in [-0.2, 0) is 14.6 Å². The Hall–Kier alpha value is -1.67. The number of piperidine rings is 1. The van der Waals surface area contributed by atoms with Gasteiger partial charge in [0.25, 0.3) is 0 Å². The van der Waals surface area contributed by atoms with E-state index < -0.39 is 26.8 Å². The van der Waals surface area contributed by atoms with E-state index in [2.05, 4.69) is 4.98 Å². The highest BCUT2D eigenvalue weighted by Crippen LogP contribution is 2.30. The number of para-hydroxylation sites is 1. The Labute approximate surface area is 151 Å². The lowest BCUT2D eigenvalue weighted by Crippen LogP contribution is -2.47. The molecule has 0 saturated carbocycles. The third-order valence-corrected chi connectivity index (χ3v) is 7.60. The van der Waals surface area contributed by atoms with Crippen LogP contribution in [0.5, 0.6) is 0 Å². The van der Waals surface area contributed by atoms with Crippen molar-refractivity contribution in [3.05, 3.63) is 24.3 Å². The van der Waals surface area contributed by atoms with E-state index in [-0.39, 0.29) is 10.9 Å². The molecular weight excluding hydrogens is 360 g/mol. The molecular formula is C17H22N2O4S2. The second-order valence-electron chi connectivity index (χ2n) is 7.18. The molecule has 0 aliphatic carbocycles. The average molecular weight is 383 g/mol. The second-order valence-corrected chi connectivity index (χ2v) is 10.6. The first-order chi connectivity index (χ1) is 11.7. The van der Waals surface area contributed by atoms with Crippen molar-refractivity contribution in [2.75, 3.05) is 13.1 Å². The summed E-state index contributed by atoms with van der Waals surface area (Å²) in [5, 5.41) is -0.644. The highest BCUT2D eigenvalue weighted by atomic mass is 32.2. The number of benzene rings is 1. The van der Waals surface area contributed by atoms with E-state index >= 15 is 0 Å². The number of likely N-dealkylation sites (tertiary alicyclic amines) is 1. The number of hydrogen-bond donors (Lipinski definition) is 0. The lowest BCUT2D eigenvalue weighted by molar-refractivity contribution is 0.0219. The zero-order valence-electron chi connectivity index (χ0n) is 14.6. The van der Waals surface area contributed by atoms with E-state index in [1.807, 2.05) is 18.2 Å². The number of carbonyl (C=O) groups excluding carboxylic acids is 1. The molecule has 1 aliphatic rings. The normalized spacial score (nSPS) is 19.2. The summed E-state index contributed by atoms with van der Waals surface area (Å²) in [6.45, 7) is 6.05. The topological polar surface area (TPSA) is 76.6 Å². The van der Waals surface area contributed by atoms with Crippen LogP contribution < -0.4 is 0 Å². The van der Waals surface area contributed by atoms with Gasteiger partial charge in [0.15, 0.2) is 0 Å². The number of sulfone groups is 1. The molecule has 1 fully saturated rings. The predicted octanol–water partition coefficient (Wildman–Crippen LogP) is 3.47. The van der Waals surface area contributed by atoms with Gasteiger partial charge in [0.1, 0.15) is 5.60 Å². The predicted molar refractivity (Wildman–Crippen MR) is 97.6 cm³/mol. The Morgan fingerprint density at radius 3 is 2.72 bits per heavy atom. The minimum Gasteiger partial charge on any atom is -0.444 e. The number of amides is 1. The fourth-order valence-electron chi connectivity index (χ4n) is 2.80. The molecule has 0 spiro atoms. The van der Waals surface area contributed by atoms with Crippen LogP contribution in [0.2, 0.25) is 0 Å². The summed E-state index contributed by atoms with van der Waals surface area (Å²) in [5.74, 6) is 0. The summed E-state index contributed by atoms with van der Waals surface area (Å²) in [6, 6.07) is 7.36. The molecule has 2 aromatic rings. The standard InChI is InChI=1S/C17H22N2O4S2/c1-17(2,3)23-16(20)19-10-6-7-12(11-19)25(21,22)15-18-13-8-4-5-9-14(13)24-15/h4-5,8-9,12H,6-7,10-11H2,1-3H3. The SMILES string of the molecule is CC(C)(C)OC(=O)N1CCCC(S(=O)(=O)c2nc3ccccc3s2)C1. The molecule has 2 heterocycles. The number of nitrogens with zero attached hydrogens (tertiary/aromatic N) is 2. The van der Waals surface area contributed by atoms with Gasteiger partial charge >= 0.3 is 6.09 Å². The fraction of sp³-hybridized carbons (Fsp3) is 0.529. The van der Waals surface area contributed by atoms with Crippen molar-refractivity contribution in [1.29, 1.82) is 0 Å².